The van der Waals surface area contributed by atoms with Gasteiger partial charge in [0.15, 0.2) is 0 Å². The predicted molar refractivity (Wildman–Crippen MR) is 86.7 cm³/mol. The second-order valence-electron chi connectivity index (χ2n) is 5.18. The molecule has 0 radical (unpaired) electrons. The molecule has 0 fully saturated rings. The third kappa shape index (κ3) is 5.27. The van der Waals surface area contributed by atoms with E-state index in [0.717, 1.165) is 13.0 Å². The van der Waals surface area contributed by atoms with Crippen LogP contribution in [0.25, 0.3) is 0 Å². The van der Waals surface area contributed by atoms with Crippen molar-refractivity contribution in [1.82, 2.24) is 10.2 Å². The molecule has 0 aliphatic heterocycles. The minimum absolute atomic E-state index is 0.109. The quantitative estimate of drug-likeness (QED) is 0.721. The molecule has 3 N–H and O–H groups in total. The number of rotatable bonds is 8. The molecule has 1 aromatic rings. The van der Waals surface area contributed by atoms with Crippen molar-refractivity contribution in [2.24, 2.45) is 0 Å². The van der Waals surface area contributed by atoms with Gasteiger partial charge in [-0.25, -0.2) is 0 Å². The van der Waals surface area contributed by atoms with Crippen LogP contribution in [-0.2, 0) is 0 Å². The molecule has 5 heteroatoms. The molecule has 0 aliphatic rings. The van der Waals surface area contributed by atoms with Crippen LogP contribution >= 0.6 is 0 Å². The first-order valence-electron chi connectivity index (χ1n) is 7.50. The molecular weight excluding hydrogens is 266 g/mol. The summed E-state index contributed by atoms with van der Waals surface area (Å²) in [5.74, 6) is 0.507. The van der Waals surface area contributed by atoms with Gasteiger partial charge in [-0.15, -0.1) is 0 Å². The molecule has 118 valence electrons. The lowest BCUT2D eigenvalue weighted by Gasteiger charge is -2.23. The number of hydrogen-bond acceptors (Lipinski definition) is 4. The topological polar surface area (TPSA) is 67.6 Å². The Morgan fingerprint density at radius 2 is 2.14 bits per heavy atom. The monoisotopic (exact) mass is 293 g/mol. The number of benzene rings is 1. The van der Waals surface area contributed by atoms with Crippen LogP contribution in [0.3, 0.4) is 0 Å². The fourth-order valence-corrected chi connectivity index (χ4v) is 1.96. The summed E-state index contributed by atoms with van der Waals surface area (Å²) in [7, 11) is 2.06. The number of carbonyl (C=O) groups is 1. The summed E-state index contributed by atoms with van der Waals surface area (Å²) in [6, 6.07) is 5.63. The summed E-state index contributed by atoms with van der Waals surface area (Å²) >= 11 is 0. The minimum atomic E-state index is -0.109. The second-order valence-corrected chi connectivity index (χ2v) is 5.18. The largest absolute Gasteiger partial charge is 0.492 e. The van der Waals surface area contributed by atoms with E-state index in [-0.39, 0.29) is 5.91 Å². The van der Waals surface area contributed by atoms with Gasteiger partial charge in [0.05, 0.1) is 12.3 Å². The molecule has 21 heavy (non-hydrogen) atoms. The highest BCUT2D eigenvalue weighted by molar-refractivity contribution is 5.95. The van der Waals surface area contributed by atoms with Crippen LogP contribution in [0.1, 0.15) is 37.6 Å². The molecule has 0 aromatic heterocycles. The normalized spacial score (nSPS) is 12.2. The number of anilines is 1. The van der Waals surface area contributed by atoms with Crippen LogP contribution in [0.15, 0.2) is 18.2 Å². The van der Waals surface area contributed by atoms with Crippen molar-refractivity contribution in [1.29, 1.82) is 0 Å². The number of nitrogen functional groups attached to an aromatic ring is 1. The van der Waals surface area contributed by atoms with Gasteiger partial charge in [-0.3, -0.25) is 4.79 Å². The van der Waals surface area contributed by atoms with Crippen LogP contribution in [-0.4, -0.2) is 43.6 Å². The van der Waals surface area contributed by atoms with Crippen LogP contribution < -0.4 is 15.8 Å². The average Bonchev–Trinajstić information content (AvgIpc) is 2.48. The molecule has 5 nitrogen and oxygen atoms in total. The number of carbonyl (C=O) groups excluding carboxylic acids is 1. The number of nitrogens with two attached hydrogens (primary N) is 1. The van der Waals surface area contributed by atoms with Crippen LogP contribution in [0, 0.1) is 0 Å². The summed E-state index contributed by atoms with van der Waals surface area (Å²) in [6.45, 7) is 8.23. The fourth-order valence-electron chi connectivity index (χ4n) is 1.96. The van der Waals surface area contributed by atoms with E-state index >= 15 is 0 Å². The summed E-state index contributed by atoms with van der Waals surface area (Å²) < 4.78 is 5.36. The Labute approximate surface area is 127 Å². The maximum Gasteiger partial charge on any atom is 0.251 e. The summed E-state index contributed by atoms with van der Waals surface area (Å²) in [6.07, 6.45) is 1.10. The number of ether oxygens (including phenoxy) is 1. The third-order valence-electron chi connectivity index (χ3n) is 3.67. The lowest BCUT2D eigenvalue weighted by atomic mass is 10.1. The van der Waals surface area contributed by atoms with E-state index in [1.807, 2.05) is 6.92 Å². The van der Waals surface area contributed by atoms with E-state index in [9.17, 15) is 4.79 Å². The highest BCUT2D eigenvalue weighted by atomic mass is 16.5. The van der Waals surface area contributed by atoms with Gasteiger partial charge in [0.1, 0.15) is 5.75 Å². The first-order chi connectivity index (χ1) is 9.99. The van der Waals surface area contributed by atoms with E-state index in [0.29, 0.717) is 36.2 Å². The Balaban J connectivity index is 2.51. The highest BCUT2D eigenvalue weighted by Gasteiger charge is 2.10. The Hall–Kier alpha value is -1.75. The van der Waals surface area contributed by atoms with Crippen LogP contribution in [0.4, 0.5) is 5.69 Å². The summed E-state index contributed by atoms with van der Waals surface area (Å²) in [5, 5.41) is 2.91. The highest BCUT2D eigenvalue weighted by Crippen LogP contribution is 2.22. The van der Waals surface area contributed by atoms with Crippen molar-refractivity contribution < 1.29 is 9.53 Å². The van der Waals surface area contributed by atoms with Crippen molar-refractivity contribution in [3.05, 3.63) is 23.8 Å². The Kier molecular flexibility index (Phi) is 7.02. The molecule has 0 aliphatic carbocycles. The Morgan fingerprint density at radius 1 is 1.43 bits per heavy atom. The molecule has 0 saturated carbocycles. The zero-order valence-corrected chi connectivity index (χ0v) is 13.5. The van der Waals surface area contributed by atoms with E-state index in [4.69, 9.17) is 10.5 Å². The lowest BCUT2D eigenvalue weighted by Crippen LogP contribution is -2.37. The SMILES string of the molecule is CCOc1ccc(C(=O)NCCN(C)C(C)CC)cc1N. The molecule has 1 amide bonds. The second kappa shape index (κ2) is 8.52. The fraction of sp³-hybridized carbons (Fsp3) is 0.562. The lowest BCUT2D eigenvalue weighted by molar-refractivity contribution is 0.0947. The molecule has 1 rings (SSSR count). The molecule has 0 heterocycles. The predicted octanol–water partition coefficient (Wildman–Crippen LogP) is 2.13. The van der Waals surface area contributed by atoms with Crippen molar-refractivity contribution >= 4 is 11.6 Å². The van der Waals surface area contributed by atoms with Gasteiger partial charge < -0.3 is 20.7 Å². The van der Waals surface area contributed by atoms with E-state index in [1.54, 1.807) is 18.2 Å². The zero-order chi connectivity index (χ0) is 15.8. The maximum atomic E-state index is 12.1. The smallest absolute Gasteiger partial charge is 0.251 e. The first-order valence-corrected chi connectivity index (χ1v) is 7.50. The molecule has 1 aromatic carbocycles. The number of nitrogens with zero attached hydrogens (tertiary/aromatic N) is 1. The molecule has 1 unspecified atom stereocenters. The molecule has 0 bridgehead atoms. The number of nitrogens with one attached hydrogen (secondary N) is 1. The van der Waals surface area contributed by atoms with Gasteiger partial charge >= 0.3 is 0 Å². The van der Waals surface area contributed by atoms with Crippen molar-refractivity contribution in [2.45, 2.75) is 33.2 Å². The first kappa shape index (κ1) is 17.3. The standard InChI is InChI=1S/C16H27N3O2/c1-5-12(3)19(4)10-9-18-16(20)13-7-8-15(21-6-2)14(17)11-13/h7-8,11-12H,5-6,9-10,17H2,1-4H3,(H,18,20). The van der Waals surface area contributed by atoms with Gasteiger partial charge in [0, 0.05) is 24.7 Å². The summed E-state index contributed by atoms with van der Waals surface area (Å²) in [5.41, 5.74) is 6.91. The zero-order valence-electron chi connectivity index (χ0n) is 13.5. The van der Waals surface area contributed by atoms with Gasteiger partial charge in [-0.05, 0) is 45.5 Å². The number of likely N-dealkylation sites (N-methyl/N-ethyl adjacent to an activating group) is 1. The van der Waals surface area contributed by atoms with Gasteiger partial charge in [-0.1, -0.05) is 6.92 Å². The van der Waals surface area contributed by atoms with Crippen LogP contribution in [0.2, 0.25) is 0 Å². The third-order valence-corrected chi connectivity index (χ3v) is 3.67. The van der Waals surface area contributed by atoms with Gasteiger partial charge in [0.25, 0.3) is 5.91 Å². The van der Waals surface area contributed by atoms with Crippen molar-refractivity contribution in [3.8, 4) is 5.75 Å². The van der Waals surface area contributed by atoms with E-state index < -0.39 is 0 Å². The van der Waals surface area contributed by atoms with Crippen LogP contribution in [0.5, 0.6) is 5.75 Å². The van der Waals surface area contributed by atoms with E-state index in [2.05, 4.69) is 31.1 Å². The average molecular weight is 293 g/mol. The number of hydrogen-bond donors (Lipinski definition) is 2. The molecular formula is C16H27N3O2. The summed E-state index contributed by atoms with van der Waals surface area (Å²) in [4.78, 5) is 14.3. The van der Waals surface area contributed by atoms with E-state index in [1.165, 1.54) is 0 Å². The van der Waals surface area contributed by atoms with Crippen molar-refractivity contribution in [3.63, 3.8) is 0 Å². The maximum absolute atomic E-state index is 12.1. The molecule has 1 atom stereocenters. The molecule has 0 saturated heterocycles. The number of amides is 1. The Morgan fingerprint density at radius 3 is 2.71 bits per heavy atom. The van der Waals surface area contributed by atoms with Crippen molar-refractivity contribution in [2.75, 3.05) is 32.5 Å². The van der Waals surface area contributed by atoms with Gasteiger partial charge in [0.2, 0.25) is 0 Å². The van der Waals surface area contributed by atoms with Gasteiger partial charge in [-0.2, -0.15) is 0 Å². The molecule has 0 spiro atoms. The Bertz CT molecular complexity index is 463. The minimum Gasteiger partial charge on any atom is -0.492 e.